The largest absolute Gasteiger partial charge is 0.513 e. The Bertz CT molecular complexity index is 1000. The van der Waals surface area contributed by atoms with Crippen molar-refractivity contribution in [2.24, 2.45) is 23.0 Å². The maximum Gasteiger partial charge on any atom is 0.513 e. The van der Waals surface area contributed by atoms with E-state index in [0.29, 0.717) is 5.56 Å². The Balaban J connectivity index is 2.88. The Hall–Kier alpha value is -3.34. The van der Waals surface area contributed by atoms with Gasteiger partial charge in [-0.3, -0.25) is 9.59 Å². The third kappa shape index (κ3) is 15.3. The summed E-state index contributed by atoms with van der Waals surface area (Å²) in [4.78, 5) is 49.0. The molecule has 41 heavy (non-hydrogen) atoms. The molecule has 1 aromatic carbocycles. The number of carbonyl (C=O) groups is 4. The molecule has 0 saturated heterocycles. The van der Waals surface area contributed by atoms with Crippen LogP contribution < -0.4 is 15.2 Å². The van der Waals surface area contributed by atoms with Crippen LogP contribution in [-0.4, -0.2) is 56.2 Å². The molecule has 0 aliphatic heterocycles. The highest BCUT2D eigenvalue weighted by Gasteiger charge is 2.23. The van der Waals surface area contributed by atoms with Gasteiger partial charge < -0.3 is 34.2 Å². The number of rotatable bonds is 15. The van der Waals surface area contributed by atoms with Gasteiger partial charge in [-0.1, -0.05) is 67.4 Å². The topological polar surface area (TPSA) is 150 Å². The fourth-order valence-electron chi connectivity index (χ4n) is 3.09. The minimum atomic E-state index is -1.07. The van der Waals surface area contributed by atoms with Crippen LogP contribution in [0.3, 0.4) is 0 Å². The SMILES string of the molecule is CCC(C)COC(=O)Oc1ccc(C[C@H](N)C(=O)O[C@@H](C)COC(=O)CC(C)(C)C)cc1OC(=O)OCC(C)CC. The second-order valence-electron chi connectivity index (χ2n) is 11.6. The van der Waals surface area contributed by atoms with Gasteiger partial charge in [0.2, 0.25) is 0 Å². The Morgan fingerprint density at radius 2 is 1.34 bits per heavy atom. The van der Waals surface area contributed by atoms with E-state index in [9.17, 15) is 19.2 Å². The third-order valence-electron chi connectivity index (χ3n) is 5.99. The predicted molar refractivity (Wildman–Crippen MR) is 152 cm³/mol. The lowest BCUT2D eigenvalue weighted by Gasteiger charge is -2.19. The van der Waals surface area contributed by atoms with Gasteiger partial charge in [-0.15, -0.1) is 0 Å². The van der Waals surface area contributed by atoms with E-state index in [2.05, 4.69) is 0 Å². The number of carbonyl (C=O) groups excluding carboxylic acids is 4. The summed E-state index contributed by atoms with van der Waals surface area (Å²) in [6.07, 6.45) is -0.737. The van der Waals surface area contributed by atoms with E-state index in [1.807, 2.05) is 48.5 Å². The van der Waals surface area contributed by atoms with Gasteiger partial charge in [0, 0.05) is 0 Å². The van der Waals surface area contributed by atoms with Crippen molar-refractivity contribution in [1.82, 2.24) is 0 Å². The molecule has 0 spiro atoms. The highest BCUT2D eigenvalue weighted by Crippen LogP contribution is 2.30. The first-order chi connectivity index (χ1) is 19.1. The molecular formula is C30H47NO10. The summed E-state index contributed by atoms with van der Waals surface area (Å²) >= 11 is 0. The minimum Gasteiger partial charge on any atom is -0.462 e. The van der Waals surface area contributed by atoms with E-state index >= 15 is 0 Å². The molecule has 2 N–H and O–H groups in total. The number of hydrogen-bond donors (Lipinski definition) is 1. The molecule has 0 amide bonds. The molecule has 0 bridgehead atoms. The normalized spacial score (nSPS) is 14.2. The summed E-state index contributed by atoms with van der Waals surface area (Å²) in [6.45, 7) is 15.4. The van der Waals surface area contributed by atoms with Crippen LogP contribution in [-0.2, 0) is 35.0 Å². The van der Waals surface area contributed by atoms with Crippen molar-refractivity contribution in [2.75, 3.05) is 19.8 Å². The number of hydrogen-bond acceptors (Lipinski definition) is 11. The molecule has 0 fully saturated rings. The average molecular weight is 582 g/mol. The highest BCUT2D eigenvalue weighted by molar-refractivity contribution is 5.76. The number of esters is 2. The lowest BCUT2D eigenvalue weighted by Crippen LogP contribution is -2.37. The molecule has 0 aromatic heterocycles. The van der Waals surface area contributed by atoms with Crippen molar-refractivity contribution in [3.8, 4) is 11.5 Å². The molecule has 0 heterocycles. The quantitative estimate of drug-likeness (QED) is 0.157. The van der Waals surface area contributed by atoms with Crippen LogP contribution >= 0.6 is 0 Å². The van der Waals surface area contributed by atoms with E-state index in [1.165, 1.54) is 12.1 Å². The summed E-state index contributed by atoms with van der Waals surface area (Å²) in [7, 11) is 0. The number of nitrogens with two attached hydrogens (primary N) is 1. The summed E-state index contributed by atoms with van der Waals surface area (Å²) in [5, 5.41) is 0. The first-order valence-electron chi connectivity index (χ1n) is 14.1. The molecule has 232 valence electrons. The maximum atomic E-state index is 12.6. The van der Waals surface area contributed by atoms with Crippen molar-refractivity contribution in [3.05, 3.63) is 23.8 Å². The minimum absolute atomic E-state index is 0.0202. The molecule has 1 aromatic rings. The zero-order valence-electron chi connectivity index (χ0n) is 25.7. The second kappa shape index (κ2) is 17.5. The van der Waals surface area contributed by atoms with Crippen LogP contribution in [0.4, 0.5) is 9.59 Å². The second-order valence-corrected chi connectivity index (χ2v) is 11.6. The van der Waals surface area contributed by atoms with E-state index in [4.69, 9.17) is 34.2 Å². The molecular weight excluding hydrogens is 534 g/mol. The van der Waals surface area contributed by atoms with Gasteiger partial charge in [-0.25, -0.2) is 9.59 Å². The lowest BCUT2D eigenvalue weighted by atomic mass is 9.92. The lowest BCUT2D eigenvalue weighted by molar-refractivity contribution is -0.159. The molecule has 0 radical (unpaired) electrons. The number of benzene rings is 1. The average Bonchev–Trinajstić information content (AvgIpc) is 2.89. The van der Waals surface area contributed by atoms with Crippen LogP contribution in [0, 0.1) is 17.3 Å². The van der Waals surface area contributed by atoms with Crippen molar-refractivity contribution >= 4 is 24.2 Å². The highest BCUT2D eigenvalue weighted by atomic mass is 16.7. The van der Waals surface area contributed by atoms with Crippen LogP contribution in [0.5, 0.6) is 11.5 Å². The van der Waals surface area contributed by atoms with Crippen LogP contribution in [0.25, 0.3) is 0 Å². The van der Waals surface area contributed by atoms with Gasteiger partial charge >= 0.3 is 24.2 Å². The van der Waals surface area contributed by atoms with Crippen LogP contribution in [0.1, 0.15) is 80.2 Å². The van der Waals surface area contributed by atoms with Gasteiger partial charge in [0.15, 0.2) is 11.5 Å². The summed E-state index contributed by atoms with van der Waals surface area (Å²) < 4.78 is 31.4. The van der Waals surface area contributed by atoms with Gasteiger partial charge in [0.05, 0.1) is 19.6 Å². The molecule has 2 unspecified atom stereocenters. The number of ether oxygens (including phenoxy) is 6. The van der Waals surface area contributed by atoms with E-state index in [0.717, 1.165) is 12.8 Å². The summed E-state index contributed by atoms with van der Waals surface area (Å²) in [6, 6.07) is 3.33. The van der Waals surface area contributed by atoms with Crippen molar-refractivity contribution < 1.29 is 47.6 Å². The van der Waals surface area contributed by atoms with Gasteiger partial charge in [-0.2, -0.15) is 0 Å². The predicted octanol–water partition coefficient (Wildman–Crippen LogP) is 5.59. The molecule has 4 atom stereocenters. The van der Waals surface area contributed by atoms with E-state index in [1.54, 1.807) is 13.0 Å². The molecule has 0 aliphatic rings. The van der Waals surface area contributed by atoms with E-state index in [-0.39, 0.29) is 67.4 Å². The first-order valence-corrected chi connectivity index (χ1v) is 14.1. The summed E-state index contributed by atoms with van der Waals surface area (Å²) in [5.41, 5.74) is 6.35. The fraction of sp³-hybridized carbons (Fsp3) is 0.667. The monoisotopic (exact) mass is 581 g/mol. The third-order valence-corrected chi connectivity index (χ3v) is 5.99. The molecule has 1 rings (SSSR count). The zero-order valence-corrected chi connectivity index (χ0v) is 25.7. The van der Waals surface area contributed by atoms with Crippen LogP contribution in [0.15, 0.2) is 18.2 Å². The van der Waals surface area contributed by atoms with Gasteiger partial charge in [0.25, 0.3) is 0 Å². The van der Waals surface area contributed by atoms with Crippen LogP contribution in [0.2, 0.25) is 0 Å². The van der Waals surface area contributed by atoms with Crippen molar-refractivity contribution in [3.63, 3.8) is 0 Å². The van der Waals surface area contributed by atoms with E-state index < -0.39 is 30.4 Å². The Morgan fingerprint density at radius 1 is 0.805 bits per heavy atom. The smallest absolute Gasteiger partial charge is 0.462 e. The standard InChI is InChI=1S/C30H47NO10/c1-9-19(3)16-37-28(34)40-24-12-11-22(14-25(24)41-29(35)38-17-20(4)10-2)13-23(31)27(33)39-21(5)18-36-26(32)15-30(6,7)8/h11-12,14,19-21,23H,9-10,13,15-18,31H2,1-8H3/t19?,20?,21-,23-/m0/s1. The molecule has 0 saturated carbocycles. The van der Waals surface area contributed by atoms with Crippen molar-refractivity contribution in [2.45, 2.75) is 93.2 Å². The molecule has 11 nitrogen and oxygen atoms in total. The Kier molecular flexibility index (Phi) is 15.2. The zero-order chi connectivity index (χ0) is 31.2. The Labute approximate surface area is 243 Å². The Morgan fingerprint density at radius 3 is 1.85 bits per heavy atom. The molecule has 0 aliphatic carbocycles. The van der Waals surface area contributed by atoms with Crippen molar-refractivity contribution in [1.29, 1.82) is 0 Å². The first kappa shape index (κ1) is 35.7. The van der Waals surface area contributed by atoms with Gasteiger partial charge in [0.1, 0.15) is 18.8 Å². The fourth-order valence-corrected chi connectivity index (χ4v) is 3.09. The molecule has 11 heteroatoms. The van der Waals surface area contributed by atoms with Gasteiger partial charge in [-0.05, 0) is 48.3 Å². The summed E-state index contributed by atoms with van der Waals surface area (Å²) in [5.74, 6) is -0.967. The maximum absolute atomic E-state index is 12.6.